The molecule has 0 radical (unpaired) electrons. The molecule has 0 aliphatic carbocycles. The monoisotopic (exact) mass is 253 g/mol. The Morgan fingerprint density at radius 2 is 2.33 bits per heavy atom. The van der Waals surface area contributed by atoms with Crippen molar-refractivity contribution < 1.29 is 9.90 Å². The second-order valence-electron chi connectivity index (χ2n) is 4.89. The molecule has 0 fully saturated rings. The van der Waals surface area contributed by atoms with Gasteiger partial charge in [-0.1, -0.05) is 6.92 Å². The highest BCUT2D eigenvalue weighted by atomic mass is 16.4. The third-order valence-electron chi connectivity index (χ3n) is 3.08. The van der Waals surface area contributed by atoms with E-state index >= 15 is 0 Å². The number of hydrogen-bond donors (Lipinski definition) is 2. The van der Waals surface area contributed by atoms with E-state index in [1.807, 2.05) is 30.8 Å². The largest absolute Gasteiger partial charge is 0.480 e. The third kappa shape index (κ3) is 4.14. The molecule has 1 aromatic rings. The SMILES string of the molecule is CCCNC(C)(CCCn1ccc(C)n1)C(=O)O. The van der Waals surface area contributed by atoms with Crippen LogP contribution in [0.3, 0.4) is 0 Å². The molecule has 5 heteroatoms. The number of carbonyl (C=O) groups is 1. The fraction of sp³-hybridized carbons (Fsp3) is 0.692. The molecule has 0 aliphatic heterocycles. The maximum Gasteiger partial charge on any atom is 0.323 e. The molecule has 0 amide bonds. The number of carboxylic acid groups (broad SMARTS) is 1. The minimum atomic E-state index is -0.835. The summed E-state index contributed by atoms with van der Waals surface area (Å²) in [5.74, 6) is -0.785. The van der Waals surface area contributed by atoms with E-state index in [0.29, 0.717) is 6.42 Å². The smallest absolute Gasteiger partial charge is 0.323 e. The lowest BCUT2D eigenvalue weighted by Crippen LogP contribution is -2.49. The van der Waals surface area contributed by atoms with Crippen molar-refractivity contribution in [1.82, 2.24) is 15.1 Å². The van der Waals surface area contributed by atoms with Crippen molar-refractivity contribution >= 4 is 5.97 Å². The molecule has 102 valence electrons. The Balaban J connectivity index is 2.44. The number of aryl methyl sites for hydroxylation is 2. The summed E-state index contributed by atoms with van der Waals surface area (Å²) >= 11 is 0. The molecule has 0 saturated carbocycles. The van der Waals surface area contributed by atoms with Gasteiger partial charge < -0.3 is 10.4 Å². The van der Waals surface area contributed by atoms with E-state index in [1.165, 1.54) is 0 Å². The average molecular weight is 253 g/mol. The molecule has 1 unspecified atom stereocenters. The number of carboxylic acids is 1. The van der Waals surface area contributed by atoms with Crippen molar-refractivity contribution in [3.63, 3.8) is 0 Å². The van der Waals surface area contributed by atoms with Gasteiger partial charge in [-0.25, -0.2) is 0 Å². The van der Waals surface area contributed by atoms with Crippen LogP contribution >= 0.6 is 0 Å². The summed E-state index contributed by atoms with van der Waals surface area (Å²) in [6.45, 7) is 7.20. The fourth-order valence-corrected chi connectivity index (χ4v) is 1.85. The zero-order valence-electron chi connectivity index (χ0n) is 11.4. The minimum absolute atomic E-state index is 0.598. The van der Waals surface area contributed by atoms with Crippen LogP contribution in [0.2, 0.25) is 0 Å². The van der Waals surface area contributed by atoms with Gasteiger partial charge in [-0.15, -0.1) is 0 Å². The van der Waals surface area contributed by atoms with Crippen LogP contribution in [0.15, 0.2) is 12.3 Å². The lowest BCUT2D eigenvalue weighted by Gasteiger charge is -2.26. The van der Waals surface area contributed by atoms with Crippen molar-refractivity contribution in [3.05, 3.63) is 18.0 Å². The van der Waals surface area contributed by atoms with E-state index < -0.39 is 11.5 Å². The Kier molecular flexibility index (Phi) is 5.34. The van der Waals surface area contributed by atoms with Gasteiger partial charge in [-0.05, 0) is 45.7 Å². The van der Waals surface area contributed by atoms with Crippen LogP contribution in [-0.4, -0.2) is 32.9 Å². The summed E-state index contributed by atoms with van der Waals surface area (Å²) in [4.78, 5) is 11.3. The molecule has 18 heavy (non-hydrogen) atoms. The molecular weight excluding hydrogens is 230 g/mol. The number of nitrogens with zero attached hydrogens (tertiary/aromatic N) is 2. The van der Waals surface area contributed by atoms with Gasteiger partial charge in [0.05, 0.1) is 5.69 Å². The fourth-order valence-electron chi connectivity index (χ4n) is 1.85. The van der Waals surface area contributed by atoms with Gasteiger partial charge in [-0.2, -0.15) is 5.10 Å². The highest BCUT2D eigenvalue weighted by Crippen LogP contribution is 2.13. The van der Waals surface area contributed by atoms with Gasteiger partial charge in [0.2, 0.25) is 0 Å². The van der Waals surface area contributed by atoms with Gasteiger partial charge in [-0.3, -0.25) is 9.48 Å². The summed E-state index contributed by atoms with van der Waals surface area (Å²) in [5, 5.41) is 16.7. The predicted molar refractivity (Wildman–Crippen MR) is 70.5 cm³/mol. The highest BCUT2D eigenvalue weighted by molar-refractivity contribution is 5.78. The van der Waals surface area contributed by atoms with E-state index in [-0.39, 0.29) is 0 Å². The van der Waals surface area contributed by atoms with Crippen LogP contribution in [0.1, 0.15) is 38.8 Å². The van der Waals surface area contributed by atoms with Gasteiger partial charge in [0.15, 0.2) is 0 Å². The molecule has 0 saturated heterocycles. The Labute approximate surface area is 108 Å². The Bertz CT molecular complexity index is 389. The Morgan fingerprint density at radius 3 is 2.83 bits per heavy atom. The van der Waals surface area contributed by atoms with Gasteiger partial charge >= 0.3 is 5.97 Å². The number of nitrogens with one attached hydrogen (secondary N) is 1. The normalized spacial score (nSPS) is 14.4. The number of rotatable bonds is 8. The molecule has 0 bridgehead atoms. The van der Waals surface area contributed by atoms with Crippen molar-refractivity contribution in [2.45, 2.75) is 52.1 Å². The lowest BCUT2D eigenvalue weighted by molar-refractivity contribution is -0.144. The first kappa shape index (κ1) is 14.7. The van der Waals surface area contributed by atoms with Crippen LogP contribution < -0.4 is 5.32 Å². The van der Waals surface area contributed by atoms with Crippen LogP contribution in [0.5, 0.6) is 0 Å². The minimum Gasteiger partial charge on any atom is -0.480 e. The number of aromatic nitrogens is 2. The number of hydrogen-bond acceptors (Lipinski definition) is 3. The van der Waals surface area contributed by atoms with Crippen molar-refractivity contribution in [2.75, 3.05) is 6.54 Å². The third-order valence-corrected chi connectivity index (χ3v) is 3.08. The first-order valence-corrected chi connectivity index (χ1v) is 6.46. The molecule has 1 atom stereocenters. The van der Waals surface area contributed by atoms with Gasteiger partial charge in [0.25, 0.3) is 0 Å². The first-order valence-electron chi connectivity index (χ1n) is 6.46. The summed E-state index contributed by atoms with van der Waals surface area (Å²) in [6, 6.07) is 1.95. The van der Waals surface area contributed by atoms with E-state index in [4.69, 9.17) is 0 Å². The highest BCUT2D eigenvalue weighted by Gasteiger charge is 2.31. The summed E-state index contributed by atoms with van der Waals surface area (Å²) in [6.07, 6.45) is 4.25. The topological polar surface area (TPSA) is 67.2 Å². The maximum absolute atomic E-state index is 11.3. The zero-order chi connectivity index (χ0) is 13.6. The second-order valence-corrected chi connectivity index (χ2v) is 4.89. The molecule has 1 rings (SSSR count). The molecule has 0 spiro atoms. The van der Waals surface area contributed by atoms with Crippen LogP contribution in [-0.2, 0) is 11.3 Å². The quantitative estimate of drug-likeness (QED) is 0.741. The summed E-state index contributed by atoms with van der Waals surface area (Å²) in [7, 11) is 0. The van der Waals surface area contributed by atoms with Crippen LogP contribution in [0.25, 0.3) is 0 Å². The van der Waals surface area contributed by atoms with Crippen LogP contribution in [0, 0.1) is 6.92 Å². The van der Waals surface area contributed by atoms with Gasteiger partial charge in [0, 0.05) is 12.7 Å². The van der Waals surface area contributed by atoms with E-state index in [1.54, 1.807) is 6.92 Å². The first-order chi connectivity index (χ1) is 8.48. The van der Waals surface area contributed by atoms with Gasteiger partial charge in [0.1, 0.15) is 5.54 Å². The molecule has 5 nitrogen and oxygen atoms in total. The van der Waals surface area contributed by atoms with Crippen molar-refractivity contribution in [1.29, 1.82) is 0 Å². The van der Waals surface area contributed by atoms with Crippen LogP contribution in [0.4, 0.5) is 0 Å². The standard InChI is InChI=1S/C13H23N3O2/c1-4-8-14-13(3,12(17)18)7-5-9-16-10-6-11(2)15-16/h6,10,14H,4-5,7-9H2,1-3H3,(H,17,18). The molecule has 1 heterocycles. The molecular formula is C13H23N3O2. The van der Waals surface area contributed by atoms with Crippen molar-refractivity contribution in [3.8, 4) is 0 Å². The van der Waals surface area contributed by atoms with E-state index in [2.05, 4.69) is 10.4 Å². The lowest BCUT2D eigenvalue weighted by atomic mass is 9.95. The number of aliphatic carboxylic acids is 1. The van der Waals surface area contributed by atoms with Crippen molar-refractivity contribution in [2.24, 2.45) is 0 Å². The average Bonchev–Trinajstić information content (AvgIpc) is 2.72. The molecule has 0 aliphatic rings. The maximum atomic E-state index is 11.3. The summed E-state index contributed by atoms with van der Waals surface area (Å²) in [5.41, 5.74) is 0.151. The summed E-state index contributed by atoms with van der Waals surface area (Å²) < 4.78 is 1.86. The Hall–Kier alpha value is -1.36. The molecule has 0 aromatic carbocycles. The second kappa shape index (κ2) is 6.54. The van der Waals surface area contributed by atoms with E-state index in [0.717, 1.165) is 31.6 Å². The molecule has 1 aromatic heterocycles. The molecule has 2 N–H and O–H groups in total. The Morgan fingerprint density at radius 1 is 1.61 bits per heavy atom. The van der Waals surface area contributed by atoms with E-state index in [9.17, 15) is 9.90 Å². The zero-order valence-corrected chi connectivity index (χ0v) is 11.4. The predicted octanol–water partition coefficient (Wildman–Crippen LogP) is 1.81.